The van der Waals surface area contributed by atoms with Crippen molar-refractivity contribution < 1.29 is 0 Å². The summed E-state index contributed by atoms with van der Waals surface area (Å²) in [4.78, 5) is 2.49. The maximum atomic E-state index is 3.37. The van der Waals surface area contributed by atoms with Crippen molar-refractivity contribution in [2.75, 3.05) is 32.7 Å². The summed E-state index contributed by atoms with van der Waals surface area (Å²) in [7, 11) is 0. The van der Waals surface area contributed by atoms with Crippen LogP contribution >= 0.6 is 0 Å². The van der Waals surface area contributed by atoms with Crippen molar-refractivity contribution in [3.8, 4) is 0 Å². The smallest absolute Gasteiger partial charge is 0.0164 e. The van der Waals surface area contributed by atoms with E-state index in [0.29, 0.717) is 0 Å². The molecule has 0 radical (unpaired) electrons. The minimum atomic E-state index is 1.05. The predicted molar refractivity (Wildman–Crippen MR) is 73.3 cm³/mol. The molecule has 1 N–H and O–H groups in total. The summed E-state index contributed by atoms with van der Waals surface area (Å²) in [5, 5.41) is 3.37. The third-order valence-electron chi connectivity index (χ3n) is 3.34. The van der Waals surface area contributed by atoms with Crippen molar-refractivity contribution in [2.45, 2.75) is 13.3 Å². The van der Waals surface area contributed by atoms with Crippen LogP contribution in [0, 0.1) is 6.92 Å². The zero-order valence-corrected chi connectivity index (χ0v) is 10.7. The van der Waals surface area contributed by atoms with Gasteiger partial charge in [-0.15, -0.1) is 0 Å². The first-order valence-corrected chi connectivity index (χ1v) is 6.49. The molecule has 2 nitrogen and oxygen atoms in total. The van der Waals surface area contributed by atoms with Gasteiger partial charge >= 0.3 is 0 Å². The molecular formula is C15H22N2. The maximum Gasteiger partial charge on any atom is 0.0164 e. The van der Waals surface area contributed by atoms with E-state index in [9.17, 15) is 0 Å². The van der Waals surface area contributed by atoms with Crippen LogP contribution in [-0.2, 0) is 6.42 Å². The molecule has 1 saturated heterocycles. The Morgan fingerprint density at radius 3 is 2.71 bits per heavy atom. The van der Waals surface area contributed by atoms with E-state index >= 15 is 0 Å². The summed E-state index contributed by atoms with van der Waals surface area (Å²) >= 11 is 0. The first-order valence-electron chi connectivity index (χ1n) is 6.49. The standard InChI is InChI=1S/C15H22N2/c1-14-6-2-3-7-15(14)8-4-5-11-17-12-9-16-10-13-17/h2-7,16H,8-13H2,1H3/b5-4-. The zero-order valence-electron chi connectivity index (χ0n) is 10.7. The van der Waals surface area contributed by atoms with E-state index in [2.05, 4.69) is 53.6 Å². The summed E-state index contributed by atoms with van der Waals surface area (Å²) in [6.07, 6.45) is 5.65. The number of aryl methyl sites for hydroxylation is 1. The Morgan fingerprint density at radius 2 is 1.94 bits per heavy atom. The molecule has 0 saturated carbocycles. The highest BCUT2D eigenvalue weighted by molar-refractivity contribution is 5.27. The van der Waals surface area contributed by atoms with Gasteiger partial charge in [0.25, 0.3) is 0 Å². The van der Waals surface area contributed by atoms with Gasteiger partial charge in [-0.2, -0.15) is 0 Å². The first-order chi connectivity index (χ1) is 8.36. The van der Waals surface area contributed by atoms with E-state index in [1.165, 1.54) is 24.2 Å². The van der Waals surface area contributed by atoms with E-state index < -0.39 is 0 Å². The number of nitrogens with one attached hydrogen (secondary N) is 1. The van der Waals surface area contributed by atoms with Crippen molar-refractivity contribution in [3.63, 3.8) is 0 Å². The lowest BCUT2D eigenvalue weighted by Crippen LogP contribution is -2.43. The molecule has 0 bridgehead atoms. The second kappa shape index (κ2) is 6.58. The highest BCUT2D eigenvalue weighted by atomic mass is 15.2. The summed E-state index contributed by atoms with van der Waals surface area (Å²) in [5.74, 6) is 0. The number of nitrogens with zero attached hydrogens (tertiary/aromatic N) is 1. The molecule has 1 aromatic carbocycles. The quantitative estimate of drug-likeness (QED) is 0.796. The lowest BCUT2D eigenvalue weighted by Gasteiger charge is -2.25. The van der Waals surface area contributed by atoms with Crippen LogP contribution in [-0.4, -0.2) is 37.6 Å². The molecule has 0 aliphatic carbocycles. The molecule has 0 atom stereocenters. The van der Waals surface area contributed by atoms with Gasteiger partial charge in [-0.1, -0.05) is 36.4 Å². The Kier molecular flexibility index (Phi) is 4.77. The SMILES string of the molecule is Cc1ccccc1C/C=C\CN1CCNCC1. The lowest BCUT2D eigenvalue weighted by molar-refractivity contribution is 0.264. The molecule has 2 rings (SSSR count). The lowest BCUT2D eigenvalue weighted by atomic mass is 10.1. The van der Waals surface area contributed by atoms with Crippen molar-refractivity contribution in [2.24, 2.45) is 0 Å². The minimum absolute atomic E-state index is 1.05. The topological polar surface area (TPSA) is 15.3 Å². The predicted octanol–water partition coefficient (Wildman–Crippen LogP) is 2.00. The fourth-order valence-electron chi connectivity index (χ4n) is 2.17. The van der Waals surface area contributed by atoms with E-state index in [1.807, 2.05) is 0 Å². The Hall–Kier alpha value is -1.12. The van der Waals surface area contributed by atoms with Crippen molar-refractivity contribution in [1.29, 1.82) is 0 Å². The molecule has 0 spiro atoms. The van der Waals surface area contributed by atoms with Crippen LogP contribution in [0.2, 0.25) is 0 Å². The van der Waals surface area contributed by atoms with Gasteiger partial charge in [0.15, 0.2) is 0 Å². The van der Waals surface area contributed by atoms with Crippen molar-refractivity contribution in [3.05, 3.63) is 47.5 Å². The molecule has 0 aromatic heterocycles. The number of hydrogen-bond donors (Lipinski definition) is 1. The molecular weight excluding hydrogens is 208 g/mol. The van der Waals surface area contributed by atoms with Crippen LogP contribution in [0.3, 0.4) is 0 Å². The molecule has 0 unspecified atom stereocenters. The molecule has 2 heteroatoms. The largest absolute Gasteiger partial charge is 0.314 e. The molecule has 0 amide bonds. The number of piperazine rings is 1. The molecule has 1 fully saturated rings. The van der Waals surface area contributed by atoms with Crippen LogP contribution in [0.15, 0.2) is 36.4 Å². The van der Waals surface area contributed by atoms with Gasteiger partial charge in [0, 0.05) is 32.7 Å². The number of allylic oxidation sites excluding steroid dienone is 1. The monoisotopic (exact) mass is 230 g/mol. The van der Waals surface area contributed by atoms with Crippen LogP contribution in [0.25, 0.3) is 0 Å². The molecule has 1 heterocycles. The highest BCUT2D eigenvalue weighted by Gasteiger charge is 2.06. The minimum Gasteiger partial charge on any atom is -0.314 e. The Bertz CT molecular complexity index is 365. The second-order valence-corrected chi connectivity index (χ2v) is 4.65. The van der Waals surface area contributed by atoms with E-state index in [-0.39, 0.29) is 0 Å². The van der Waals surface area contributed by atoms with Gasteiger partial charge < -0.3 is 5.32 Å². The molecule has 1 aliphatic rings. The number of benzene rings is 1. The first kappa shape index (κ1) is 12.3. The summed E-state index contributed by atoms with van der Waals surface area (Å²) in [6, 6.07) is 8.61. The second-order valence-electron chi connectivity index (χ2n) is 4.65. The normalized spacial score (nSPS) is 17.7. The number of hydrogen-bond acceptors (Lipinski definition) is 2. The number of rotatable bonds is 4. The van der Waals surface area contributed by atoms with Crippen LogP contribution in [0.5, 0.6) is 0 Å². The van der Waals surface area contributed by atoms with Gasteiger partial charge in [0.1, 0.15) is 0 Å². The summed E-state index contributed by atoms with van der Waals surface area (Å²) in [6.45, 7) is 7.88. The Balaban J connectivity index is 1.76. The average molecular weight is 230 g/mol. The van der Waals surface area contributed by atoms with Crippen LogP contribution < -0.4 is 5.32 Å². The molecule has 1 aromatic rings. The van der Waals surface area contributed by atoms with Gasteiger partial charge in [0.2, 0.25) is 0 Å². The fraction of sp³-hybridized carbons (Fsp3) is 0.467. The highest BCUT2D eigenvalue weighted by Crippen LogP contribution is 2.08. The van der Waals surface area contributed by atoms with Crippen LogP contribution in [0.4, 0.5) is 0 Å². The average Bonchev–Trinajstić information content (AvgIpc) is 2.38. The van der Waals surface area contributed by atoms with Gasteiger partial charge in [0.05, 0.1) is 0 Å². The summed E-state index contributed by atoms with van der Waals surface area (Å²) in [5.41, 5.74) is 2.82. The maximum absolute atomic E-state index is 3.37. The van der Waals surface area contributed by atoms with Crippen LogP contribution in [0.1, 0.15) is 11.1 Å². The fourth-order valence-corrected chi connectivity index (χ4v) is 2.17. The summed E-state index contributed by atoms with van der Waals surface area (Å²) < 4.78 is 0. The third kappa shape index (κ3) is 3.99. The third-order valence-corrected chi connectivity index (χ3v) is 3.34. The molecule has 17 heavy (non-hydrogen) atoms. The van der Waals surface area contributed by atoms with E-state index in [1.54, 1.807) is 0 Å². The van der Waals surface area contributed by atoms with Crippen molar-refractivity contribution >= 4 is 0 Å². The van der Waals surface area contributed by atoms with Gasteiger partial charge in [-0.05, 0) is 24.5 Å². The van der Waals surface area contributed by atoms with Crippen molar-refractivity contribution in [1.82, 2.24) is 10.2 Å². The van der Waals surface area contributed by atoms with E-state index in [4.69, 9.17) is 0 Å². The molecule has 1 aliphatic heterocycles. The molecule has 92 valence electrons. The van der Waals surface area contributed by atoms with Gasteiger partial charge in [-0.25, -0.2) is 0 Å². The zero-order chi connectivity index (χ0) is 11.9. The van der Waals surface area contributed by atoms with Gasteiger partial charge in [-0.3, -0.25) is 4.90 Å². The van der Waals surface area contributed by atoms with E-state index in [0.717, 1.165) is 26.1 Å². The Morgan fingerprint density at radius 1 is 1.18 bits per heavy atom. The Labute approximate surface area is 104 Å².